The van der Waals surface area contributed by atoms with Gasteiger partial charge in [-0.3, -0.25) is 0 Å². The molecule has 0 spiro atoms. The molecule has 0 bridgehead atoms. The lowest BCUT2D eigenvalue weighted by atomic mass is 9.89. The molecule has 0 aromatic carbocycles. The van der Waals surface area contributed by atoms with Gasteiger partial charge < -0.3 is 9.47 Å². The molecule has 0 amide bonds. The van der Waals surface area contributed by atoms with Crippen LogP contribution in [0.4, 0.5) is 0 Å². The molecule has 0 aromatic heterocycles. The lowest BCUT2D eigenvalue weighted by Crippen LogP contribution is -2.18. The van der Waals surface area contributed by atoms with Gasteiger partial charge in [0.1, 0.15) is 0 Å². The molecule has 2 heteroatoms. The first kappa shape index (κ1) is 9.01. The summed E-state index contributed by atoms with van der Waals surface area (Å²) >= 11 is 0. The van der Waals surface area contributed by atoms with Crippen LogP contribution in [0.5, 0.6) is 0 Å². The fourth-order valence-electron chi connectivity index (χ4n) is 1.75. The summed E-state index contributed by atoms with van der Waals surface area (Å²) in [7, 11) is 3.38. The van der Waals surface area contributed by atoms with Gasteiger partial charge in [0.05, 0.1) is 0 Å². The van der Waals surface area contributed by atoms with E-state index in [0.717, 1.165) is 6.29 Å². The summed E-state index contributed by atoms with van der Waals surface area (Å²) in [6.45, 7) is 0. The van der Waals surface area contributed by atoms with Gasteiger partial charge in [-0.2, -0.15) is 0 Å². The maximum atomic E-state index is 5.13. The molecule has 1 fully saturated rings. The second kappa shape index (κ2) is 4.73. The second-order valence-electron chi connectivity index (χ2n) is 3.06. The van der Waals surface area contributed by atoms with Gasteiger partial charge >= 0.3 is 0 Å². The molecule has 1 radical (unpaired) electrons. The maximum Gasteiger partial charge on any atom is 0.226 e. The van der Waals surface area contributed by atoms with E-state index < -0.39 is 0 Å². The van der Waals surface area contributed by atoms with Gasteiger partial charge in [0.15, 0.2) is 0 Å². The molecule has 0 atom stereocenters. The number of hydrogen-bond acceptors (Lipinski definition) is 2. The first-order valence-corrected chi connectivity index (χ1v) is 4.33. The van der Waals surface area contributed by atoms with Crippen LogP contribution in [0.15, 0.2) is 0 Å². The predicted molar refractivity (Wildman–Crippen MR) is 43.8 cm³/mol. The smallest absolute Gasteiger partial charge is 0.226 e. The van der Waals surface area contributed by atoms with Crippen LogP contribution in [0.3, 0.4) is 0 Å². The number of methoxy groups -OCH3 is 2. The summed E-state index contributed by atoms with van der Waals surface area (Å²) in [4.78, 5) is 0. The maximum absolute atomic E-state index is 5.13. The van der Waals surface area contributed by atoms with Gasteiger partial charge in [-0.1, -0.05) is 19.3 Å². The zero-order valence-electron chi connectivity index (χ0n) is 7.43. The normalized spacial score (nSPS) is 21.0. The Hall–Kier alpha value is -0.0800. The molecule has 0 heterocycles. The highest BCUT2D eigenvalue weighted by Crippen LogP contribution is 2.31. The molecule has 11 heavy (non-hydrogen) atoms. The summed E-state index contributed by atoms with van der Waals surface area (Å²) in [5, 5.41) is 0. The lowest BCUT2D eigenvalue weighted by molar-refractivity contribution is -0.0408. The predicted octanol–water partition coefficient (Wildman–Crippen LogP) is 2.35. The van der Waals surface area contributed by atoms with Crippen molar-refractivity contribution >= 4 is 0 Å². The van der Waals surface area contributed by atoms with Gasteiger partial charge in [-0.15, -0.1) is 0 Å². The Morgan fingerprint density at radius 1 is 1.00 bits per heavy atom. The molecule has 1 aliphatic rings. The summed E-state index contributed by atoms with van der Waals surface area (Å²) < 4.78 is 10.3. The van der Waals surface area contributed by atoms with E-state index in [1.54, 1.807) is 14.2 Å². The van der Waals surface area contributed by atoms with Crippen molar-refractivity contribution in [3.05, 3.63) is 6.29 Å². The van der Waals surface area contributed by atoms with Crippen molar-refractivity contribution in [3.8, 4) is 0 Å². The monoisotopic (exact) mass is 157 g/mol. The minimum Gasteiger partial charge on any atom is -0.348 e. The van der Waals surface area contributed by atoms with Crippen molar-refractivity contribution in [1.29, 1.82) is 0 Å². The van der Waals surface area contributed by atoms with Crippen molar-refractivity contribution in [2.75, 3.05) is 14.2 Å². The molecule has 0 aliphatic heterocycles. The Kier molecular flexibility index (Phi) is 3.87. The highest BCUT2D eigenvalue weighted by molar-refractivity contribution is 4.79. The van der Waals surface area contributed by atoms with Crippen molar-refractivity contribution in [3.63, 3.8) is 0 Å². The average molecular weight is 157 g/mol. The van der Waals surface area contributed by atoms with E-state index >= 15 is 0 Å². The van der Waals surface area contributed by atoms with Gasteiger partial charge in [0.25, 0.3) is 0 Å². The summed E-state index contributed by atoms with van der Waals surface area (Å²) in [5.74, 6) is 0.554. The van der Waals surface area contributed by atoms with E-state index in [2.05, 4.69) is 0 Å². The van der Waals surface area contributed by atoms with E-state index in [0.29, 0.717) is 5.92 Å². The molecular formula is C9H17O2. The van der Waals surface area contributed by atoms with Gasteiger partial charge in [0, 0.05) is 20.1 Å². The molecule has 65 valence electrons. The standard InChI is InChI=1S/C9H17O2/c1-10-9(11-2)8-6-4-3-5-7-8/h8H,3-7H2,1-2H3. The van der Waals surface area contributed by atoms with Crippen molar-refractivity contribution < 1.29 is 9.47 Å². The molecule has 1 rings (SSSR count). The van der Waals surface area contributed by atoms with Crippen LogP contribution in [0.1, 0.15) is 32.1 Å². The zero-order chi connectivity index (χ0) is 8.10. The van der Waals surface area contributed by atoms with E-state index in [-0.39, 0.29) is 0 Å². The highest BCUT2D eigenvalue weighted by Gasteiger charge is 2.24. The van der Waals surface area contributed by atoms with Crippen molar-refractivity contribution in [2.24, 2.45) is 5.92 Å². The Morgan fingerprint density at radius 3 is 2.00 bits per heavy atom. The van der Waals surface area contributed by atoms with Crippen LogP contribution in [-0.2, 0) is 9.47 Å². The first-order chi connectivity index (χ1) is 5.38. The summed E-state index contributed by atoms with van der Waals surface area (Å²) in [5.41, 5.74) is 0. The van der Waals surface area contributed by atoms with Gasteiger partial charge in [0.2, 0.25) is 6.29 Å². The lowest BCUT2D eigenvalue weighted by Gasteiger charge is -2.26. The number of hydrogen-bond donors (Lipinski definition) is 0. The molecule has 0 N–H and O–H groups in total. The topological polar surface area (TPSA) is 18.5 Å². The van der Waals surface area contributed by atoms with Gasteiger partial charge in [-0.25, -0.2) is 0 Å². The van der Waals surface area contributed by atoms with Crippen molar-refractivity contribution in [2.45, 2.75) is 32.1 Å². The third-order valence-corrected chi connectivity index (χ3v) is 2.34. The van der Waals surface area contributed by atoms with E-state index in [9.17, 15) is 0 Å². The minimum atomic E-state index is 0.554. The Morgan fingerprint density at radius 2 is 1.55 bits per heavy atom. The van der Waals surface area contributed by atoms with Crippen LogP contribution in [0.2, 0.25) is 0 Å². The molecule has 0 aromatic rings. The van der Waals surface area contributed by atoms with Crippen LogP contribution in [0.25, 0.3) is 0 Å². The van der Waals surface area contributed by atoms with Crippen LogP contribution >= 0.6 is 0 Å². The molecular weight excluding hydrogens is 140 g/mol. The number of ether oxygens (including phenoxy) is 2. The molecule has 1 aliphatic carbocycles. The molecule has 0 unspecified atom stereocenters. The summed E-state index contributed by atoms with van der Waals surface area (Å²) in [6.07, 6.45) is 7.30. The first-order valence-electron chi connectivity index (χ1n) is 4.33. The number of rotatable bonds is 3. The fourth-order valence-corrected chi connectivity index (χ4v) is 1.75. The summed E-state index contributed by atoms with van der Waals surface area (Å²) in [6, 6.07) is 0. The second-order valence-corrected chi connectivity index (χ2v) is 3.06. The van der Waals surface area contributed by atoms with Crippen LogP contribution < -0.4 is 0 Å². The third kappa shape index (κ3) is 2.46. The van der Waals surface area contributed by atoms with Gasteiger partial charge in [-0.05, 0) is 12.8 Å². The van der Waals surface area contributed by atoms with E-state index in [1.807, 2.05) is 0 Å². The highest BCUT2D eigenvalue weighted by atomic mass is 16.7. The average Bonchev–Trinajstić information content (AvgIpc) is 2.09. The Bertz CT molecular complexity index is 93.7. The zero-order valence-corrected chi connectivity index (χ0v) is 7.43. The fraction of sp³-hybridized carbons (Fsp3) is 0.889. The molecule has 1 saturated carbocycles. The SMILES string of the molecule is CO[C](OC)C1CCCCC1. The van der Waals surface area contributed by atoms with Crippen LogP contribution in [-0.4, -0.2) is 14.2 Å². The van der Waals surface area contributed by atoms with Crippen LogP contribution in [0, 0.1) is 12.2 Å². The van der Waals surface area contributed by atoms with E-state index in [1.165, 1.54) is 32.1 Å². The van der Waals surface area contributed by atoms with Crippen molar-refractivity contribution in [1.82, 2.24) is 0 Å². The quantitative estimate of drug-likeness (QED) is 0.626. The molecule has 2 nitrogen and oxygen atoms in total. The third-order valence-electron chi connectivity index (χ3n) is 2.34. The Balaban J connectivity index is 2.30. The van der Waals surface area contributed by atoms with E-state index in [4.69, 9.17) is 9.47 Å². The Labute approximate surface area is 68.9 Å². The largest absolute Gasteiger partial charge is 0.348 e. The molecule has 0 saturated heterocycles. The minimum absolute atomic E-state index is 0.554.